The van der Waals surface area contributed by atoms with Gasteiger partial charge in [-0.3, -0.25) is 14.4 Å². The average molecular weight is 477 g/mol. The highest BCUT2D eigenvalue weighted by molar-refractivity contribution is 7.89. The van der Waals surface area contributed by atoms with Crippen molar-refractivity contribution < 1.29 is 32.3 Å². The molecule has 178 valence electrons. The normalized spacial score (nSPS) is 12.5. The Morgan fingerprint density at radius 2 is 1.52 bits per heavy atom. The van der Waals surface area contributed by atoms with Crippen LogP contribution in [0.4, 0.5) is 5.69 Å². The van der Waals surface area contributed by atoms with Crippen LogP contribution in [0, 0.1) is 12.3 Å². The average Bonchev–Trinajstić information content (AvgIpc) is 2.73. The van der Waals surface area contributed by atoms with Crippen LogP contribution in [-0.4, -0.2) is 39.1 Å². The number of hydrogen-bond donors (Lipinski definition) is 2. The highest BCUT2D eigenvalue weighted by Crippen LogP contribution is 2.17. The molecule has 0 aliphatic rings. The number of rotatable bonds is 8. The predicted molar refractivity (Wildman–Crippen MR) is 122 cm³/mol. The van der Waals surface area contributed by atoms with Crippen molar-refractivity contribution in [3.63, 3.8) is 0 Å². The summed E-state index contributed by atoms with van der Waals surface area (Å²) in [6.45, 7) is 7.54. The lowest BCUT2D eigenvalue weighted by Gasteiger charge is -2.17. The molecule has 10 heteroatoms. The monoisotopic (exact) mass is 476 g/mol. The van der Waals surface area contributed by atoms with Gasteiger partial charge in [-0.1, -0.05) is 17.7 Å². The summed E-state index contributed by atoms with van der Waals surface area (Å²) in [5, 5.41) is 2.69. The van der Waals surface area contributed by atoms with Crippen molar-refractivity contribution in [3.8, 4) is 0 Å². The van der Waals surface area contributed by atoms with Crippen LogP contribution in [0.3, 0.4) is 0 Å². The molecule has 33 heavy (non-hydrogen) atoms. The molecule has 0 fully saturated rings. The van der Waals surface area contributed by atoms with Gasteiger partial charge in [-0.2, -0.15) is 4.72 Å². The summed E-state index contributed by atoms with van der Waals surface area (Å²) in [6, 6.07) is 11.3. The lowest BCUT2D eigenvalue weighted by Crippen LogP contribution is -2.40. The fraction of sp³-hybridized carbons (Fsp3) is 0.348. The highest BCUT2D eigenvalue weighted by atomic mass is 32.2. The van der Waals surface area contributed by atoms with Crippen molar-refractivity contribution in [2.75, 3.05) is 12.1 Å². The highest BCUT2D eigenvalue weighted by Gasteiger charge is 2.26. The van der Waals surface area contributed by atoms with Crippen molar-refractivity contribution in [1.82, 2.24) is 4.72 Å². The number of sulfonamides is 1. The summed E-state index contributed by atoms with van der Waals surface area (Å²) in [4.78, 5) is 35.9. The van der Waals surface area contributed by atoms with E-state index in [-0.39, 0.29) is 10.8 Å². The Kier molecular flexibility index (Phi) is 8.34. The van der Waals surface area contributed by atoms with E-state index in [1.54, 1.807) is 32.9 Å². The van der Waals surface area contributed by atoms with Crippen LogP contribution in [0.5, 0.6) is 0 Å². The van der Waals surface area contributed by atoms with E-state index in [0.29, 0.717) is 11.3 Å². The number of carbonyl (C=O) groups is 3. The molecule has 2 rings (SSSR count). The molecule has 2 N–H and O–H groups in total. The maximum atomic E-state index is 12.6. The minimum absolute atomic E-state index is 0.102. The SMILES string of the molecule is Cc1ccc(C(=O)Nc2ccc(S(=O)(=O)N[C@H](C)C(=O)OCOC(=O)C(C)(C)C)cc2)cc1. The fourth-order valence-electron chi connectivity index (χ4n) is 2.46. The summed E-state index contributed by atoms with van der Waals surface area (Å²) >= 11 is 0. The lowest BCUT2D eigenvalue weighted by atomic mass is 9.98. The Balaban J connectivity index is 1.93. The molecule has 0 spiro atoms. The van der Waals surface area contributed by atoms with E-state index in [2.05, 4.69) is 10.0 Å². The summed E-state index contributed by atoms with van der Waals surface area (Å²) < 4.78 is 37.0. The van der Waals surface area contributed by atoms with Gasteiger partial charge in [0.1, 0.15) is 6.04 Å². The van der Waals surface area contributed by atoms with E-state index in [0.717, 1.165) is 5.56 Å². The van der Waals surface area contributed by atoms with Gasteiger partial charge in [0.15, 0.2) is 0 Å². The van der Waals surface area contributed by atoms with Crippen LogP contribution in [0.15, 0.2) is 53.4 Å². The van der Waals surface area contributed by atoms with Gasteiger partial charge in [0.2, 0.25) is 16.8 Å². The van der Waals surface area contributed by atoms with Gasteiger partial charge < -0.3 is 14.8 Å². The van der Waals surface area contributed by atoms with Crippen LogP contribution in [0.1, 0.15) is 43.6 Å². The molecule has 1 atom stereocenters. The third kappa shape index (κ3) is 7.69. The number of ether oxygens (including phenoxy) is 2. The molecule has 0 saturated heterocycles. The number of amides is 1. The second-order valence-electron chi connectivity index (χ2n) is 8.45. The molecule has 0 heterocycles. The third-order valence-corrected chi connectivity index (χ3v) is 5.98. The van der Waals surface area contributed by atoms with E-state index >= 15 is 0 Å². The maximum Gasteiger partial charge on any atom is 0.326 e. The van der Waals surface area contributed by atoms with Crippen molar-refractivity contribution in [1.29, 1.82) is 0 Å². The molecule has 0 saturated carbocycles. The number of anilines is 1. The van der Waals surface area contributed by atoms with E-state index in [9.17, 15) is 22.8 Å². The summed E-state index contributed by atoms with van der Waals surface area (Å²) in [6.07, 6.45) is 0. The maximum absolute atomic E-state index is 12.6. The standard InChI is InChI=1S/C23H28N2O7S/c1-15-6-8-17(9-7-15)20(26)24-18-10-12-19(13-11-18)33(29,30)25-16(2)21(27)31-14-32-22(28)23(3,4)5/h6-13,16,25H,14H2,1-5H3,(H,24,26)/t16-/m1/s1. The fourth-order valence-corrected chi connectivity index (χ4v) is 3.65. The second-order valence-corrected chi connectivity index (χ2v) is 10.2. The zero-order valence-corrected chi connectivity index (χ0v) is 20.0. The van der Waals surface area contributed by atoms with Gasteiger partial charge in [0.05, 0.1) is 10.3 Å². The van der Waals surface area contributed by atoms with Crippen LogP contribution < -0.4 is 10.0 Å². The van der Waals surface area contributed by atoms with Crippen molar-refractivity contribution in [3.05, 3.63) is 59.7 Å². The first kappa shape index (κ1) is 26.0. The lowest BCUT2D eigenvalue weighted by molar-refractivity contribution is -0.173. The summed E-state index contributed by atoms with van der Waals surface area (Å²) in [5.74, 6) is -1.78. The number of carbonyl (C=O) groups excluding carboxylic acids is 3. The summed E-state index contributed by atoms with van der Waals surface area (Å²) in [7, 11) is -4.04. The van der Waals surface area contributed by atoms with E-state index in [1.807, 2.05) is 19.1 Å². The van der Waals surface area contributed by atoms with E-state index in [1.165, 1.54) is 31.2 Å². The minimum Gasteiger partial charge on any atom is -0.427 e. The number of esters is 2. The van der Waals surface area contributed by atoms with Gasteiger partial charge in [-0.25, -0.2) is 8.42 Å². The Morgan fingerprint density at radius 3 is 2.06 bits per heavy atom. The molecule has 0 aromatic heterocycles. The molecule has 1 amide bonds. The van der Waals surface area contributed by atoms with E-state index in [4.69, 9.17) is 9.47 Å². The van der Waals surface area contributed by atoms with Gasteiger partial charge >= 0.3 is 11.9 Å². The quantitative estimate of drug-likeness (QED) is 0.443. The minimum atomic E-state index is -4.04. The molecule has 0 aliphatic heterocycles. The molecule has 2 aromatic carbocycles. The molecule has 0 bridgehead atoms. The molecular weight excluding hydrogens is 448 g/mol. The first-order valence-corrected chi connectivity index (χ1v) is 11.6. The van der Waals surface area contributed by atoms with Gasteiger partial charge in [-0.15, -0.1) is 0 Å². The largest absolute Gasteiger partial charge is 0.427 e. The number of nitrogens with one attached hydrogen (secondary N) is 2. The van der Waals surface area contributed by atoms with Gasteiger partial charge in [0, 0.05) is 11.3 Å². The number of hydrogen-bond acceptors (Lipinski definition) is 7. The van der Waals surface area contributed by atoms with Gasteiger partial charge in [0.25, 0.3) is 5.91 Å². The van der Waals surface area contributed by atoms with Crippen LogP contribution in [0.2, 0.25) is 0 Å². The Bertz CT molecular complexity index is 1100. The summed E-state index contributed by atoms with van der Waals surface area (Å²) in [5.41, 5.74) is 1.15. The van der Waals surface area contributed by atoms with Crippen LogP contribution in [-0.2, 0) is 29.1 Å². The van der Waals surface area contributed by atoms with Crippen molar-refractivity contribution in [2.45, 2.75) is 45.6 Å². The molecule has 2 aromatic rings. The zero-order chi connectivity index (χ0) is 24.8. The van der Waals surface area contributed by atoms with Gasteiger partial charge in [-0.05, 0) is 71.0 Å². The molecular formula is C23H28N2O7S. The Labute approximate surface area is 193 Å². The topological polar surface area (TPSA) is 128 Å². The first-order valence-electron chi connectivity index (χ1n) is 10.1. The second kappa shape index (κ2) is 10.6. The van der Waals surface area contributed by atoms with E-state index < -0.39 is 40.2 Å². The molecule has 0 unspecified atom stereocenters. The molecule has 0 aliphatic carbocycles. The Morgan fingerprint density at radius 1 is 0.939 bits per heavy atom. The Hall–Kier alpha value is -3.24. The molecule has 9 nitrogen and oxygen atoms in total. The van der Waals surface area contributed by atoms with Crippen molar-refractivity contribution in [2.24, 2.45) is 5.41 Å². The third-order valence-electron chi connectivity index (χ3n) is 4.43. The smallest absolute Gasteiger partial charge is 0.326 e. The first-order chi connectivity index (χ1) is 15.3. The molecule has 0 radical (unpaired) electrons. The predicted octanol–water partition coefficient (Wildman–Crippen LogP) is 3.00. The van der Waals surface area contributed by atoms with Crippen LogP contribution in [0.25, 0.3) is 0 Å². The number of benzene rings is 2. The number of aryl methyl sites for hydroxylation is 1. The van der Waals surface area contributed by atoms with Crippen LogP contribution >= 0.6 is 0 Å². The van der Waals surface area contributed by atoms with Crippen molar-refractivity contribution >= 4 is 33.6 Å². The zero-order valence-electron chi connectivity index (χ0n) is 19.2.